The first-order valence-electron chi connectivity index (χ1n) is 9.74. The summed E-state index contributed by atoms with van der Waals surface area (Å²) >= 11 is 1.81. The Kier molecular flexibility index (Phi) is 5.42. The van der Waals surface area contributed by atoms with Crippen molar-refractivity contribution in [3.8, 4) is 5.75 Å². The van der Waals surface area contributed by atoms with Crippen LogP contribution < -0.4 is 21.5 Å². The van der Waals surface area contributed by atoms with Crippen LogP contribution in [0.2, 0.25) is 0 Å². The molecular weight excluding hydrogens is 404 g/mol. The zero-order chi connectivity index (χ0) is 21.4. The largest absolute Gasteiger partial charge is 0.505 e. The van der Waals surface area contributed by atoms with E-state index in [9.17, 15) is 19.5 Å². The molecule has 0 aliphatic carbocycles. The summed E-state index contributed by atoms with van der Waals surface area (Å²) in [5.41, 5.74) is -0.709. The van der Waals surface area contributed by atoms with Gasteiger partial charge in [-0.3, -0.25) is 14.4 Å². The SMILES string of the molecule is CC(=O)c1cccc(Nc2c(NC(c3ccc(C)o3)C3CCCS3)c(=O)c2=O)c1O. The van der Waals surface area contributed by atoms with E-state index in [-0.39, 0.29) is 45.5 Å². The van der Waals surface area contributed by atoms with E-state index < -0.39 is 10.9 Å². The Hall–Kier alpha value is -3.00. The monoisotopic (exact) mass is 426 g/mol. The first-order chi connectivity index (χ1) is 14.4. The second-order valence-corrected chi connectivity index (χ2v) is 8.76. The van der Waals surface area contributed by atoms with E-state index >= 15 is 0 Å². The van der Waals surface area contributed by atoms with Crippen LogP contribution in [0.1, 0.15) is 47.7 Å². The van der Waals surface area contributed by atoms with E-state index in [1.54, 1.807) is 23.9 Å². The van der Waals surface area contributed by atoms with Gasteiger partial charge in [0.15, 0.2) is 5.78 Å². The molecular formula is C22H22N2O5S. The van der Waals surface area contributed by atoms with E-state index in [4.69, 9.17) is 4.42 Å². The molecule has 3 N–H and O–H groups in total. The van der Waals surface area contributed by atoms with Crippen LogP contribution in [0.4, 0.5) is 17.1 Å². The Morgan fingerprint density at radius 3 is 2.60 bits per heavy atom. The summed E-state index contributed by atoms with van der Waals surface area (Å²) in [5, 5.41) is 16.6. The van der Waals surface area contributed by atoms with Crippen molar-refractivity contribution in [1.29, 1.82) is 0 Å². The zero-order valence-corrected chi connectivity index (χ0v) is 17.5. The van der Waals surface area contributed by atoms with Gasteiger partial charge in [0.05, 0.1) is 17.3 Å². The summed E-state index contributed by atoms with van der Waals surface area (Å²) in [7, 11) is 0. The van der Waals surface area contributed by atoms with E-state index in [1.165, 1.54) is 13.0 Å². The van der Waals surface area contributed by atoms with Crippen LogP contribution in [0.5, 0.6) is 5.75 Å². The maximum atomic E-state index is 12.3. The van der Waals surface area contributed by atoms with Crippen LogP contribution in [0, 0.1) is 6.92 Å². The highest BCUT2D eigenvalue weighted by Gasteiger charge is 2.33. The van der Waals surface area contributed by atoms with Gasteiger partial charge in [-0.15, -0.1) is 0 Å². The summed E-state index contributed by atoms with van der Waals surface area (Å²) in [4.78, 5) is 36.3. The number of ketones is 1. The standard InChI is InChI=1S/C22H22N2O5S/c1-11-8-9-15(29-11)17(16-7-4-10-30-16)24-19-18(21(27)22(19)28)23-14-6-3-5-13(12(2)25)20(14)26/h3,5-6,8-9,16-17,23-24,26H,4,7,10H2,1-2H3. The van der Waals surface area contributed by atoms with Gasteiger partial charge in [-0.05, 0) is 56.7 Å². The number of nitrogens with one attached hydrogen (secondary N) is 2. The average Bonchev–Trinajstić information content (AvgIpc) is 3.40. The normalized spacial score (nSPS) is 17.2. The minimum absolute atomic E-state index is 0.0762. The summed E-state index contributed by atoms with van der Waals surface area (Å²) in [6, 6.07) is 8.13. The second-order valence-electron chi connectivity index (χ2n) is 7.41. The lowest BCUT2D eigenvalue weighted by Crippen LogP contribution is -2.38. The molecule has 2 aromatic carbocycles. The molecule has 0 amide bonds. The number of Topliss-reactive ketones (excluding diaryl/α,β-unsaturated/α-hetero) is 1. The summed E-state index contributed by atoms with van der Waals surface area (Å²) < 4.78 is 5.81. The van der Waals surface area contributed by atoms with Gasteiger partial charge in [-0.2, -0.15) is 11.8 Å². The number of rotatable bonds is 7. The van der Waals surface area contributed by atoms with E-state index in [1.807, 2.05) is 19.1 Å². The first kappa shape index (κ1) is 20.3. The third-order valence-electron chi connectivity index (χ3n) is 5.29. The molecule has 0 saturated carbocycles. The molecule has 1 saturated heterocycles. The summed E-state index contributed by atoms with van der Waals surface area (Å²) in [5.74, 6) is 1.96. The molecule has 30 heavy (non-hydrogen) atoms. The Balaban J connectivity index is 1.66. The molecule has 156 valence electrons. The topological polar surface area (TPSA) is 109 Å². The molecule has 1 aliphatic heterocycles. The van der Waals surface area contributed by atoms with Gasteiger partial charge in [0.25, 0.3) is 10.9 Å². The molecule has 2 heterocycles. The van der Waals surface area contributed by atoms with Gasteiger partial charge < -0.3 is 20.2 Å². The smallest absolute Gasteiger partial charge is 0.253 e. The predicted octanol–water partition coefficient (Wildman–Crippen LogP) is 3.88. The lowest BCUT2D eigenvalue weighted by molar-refractivity contribution is 0.101. The van der Waals surface area contributed by atoms with Crippen LogP contribution in [0.25, 0.3) is 0 Å². The van der Waals surface area contributed by atoms with Gasteiger partial charge in [0, 0.05) is 5.25 Å². The molecule has 0 radical (unpaired) electrons. The van der Waals surface area contributed by atoms with Gasteiger partial charge in [-0.1, -0.05) is 6.07 Å². The van der Waals surface area contributed by atoms with Crippen LogP contribution in [-0.4, -0.2) is 21.9 Å². The number of phenols is 1. The van der Waals surface area contributed by atoms with Crippen molar-refractivity contribution in [2.45, 2.75) is 38.0 Å². The number of thioether (sulfide) groups is 1. The molecule has 1 fully saturated rings. The Morgan fingerprint density at radius 1 is 1.20 bits per heavy atom. The van der Waals surface area contributed by atoms with Crippen molar-refractivity contribution in [3.63, 3.8) is 0 Å². The van der Waals surface area contributed by atoms with Crippen molar-refractivity contribution in [2.24, 2.45) is 0 Å². The fourth-order valence-corrected chi connectivity index (χ4v) is 5.06. The number of aromatic hydroxyl groups is 1. The van der Waals surface area contributed by atoms with Crippen molar-refractivity contribution < 1.29 is 14.3 Å². The third kappa shape index (κ3) is 3.63. The summed E-state index contributed by atoms with van der Waals surface area (Å²) in [6.07, 6.45) is 2.05. The average molecular weight is 426 g/mol. The van der Waals surface area contributed by atoms with Crippen LogP contribution in [0.15, 0.2) is 44.3 Å². The maximum Gasteiger partial charge on any atom is 0.253 e. The maximum absolute atomic E-state index is 12.3. The Morgan fingerprint density at radius 2 is 1.97 bits per heavy atom. The van der Waals surface area contributed by atoms with Crippen molar-refractivity contribution in [3.05, 3.63) is 67.9 Å². The van der Waals surface area contributed by atoms with Crippen LogP contribution >= 0.6 is 11.8 Å². The number of carbonyl (C=O) groups excluding carboxylic acids is 1. The molecule has 4 rings (SSSR count). The summed E-state index contributed by atoms with van der Waals surface area (Å²) in [6.45, 7) is 3.20. The molecule has 8 heteroatoms. The fourth-order valence-electron chi connectivity index (χ4n) is 3.70. The highest BCUT2D eigenvalue weighted by molar-refractivity contribution is 8.00. The third-order valence-corrected chi connectivity index (χ3v) is 6.75. The lowest BCUT2D eigenvalue weighted by atomic mass is 10.0. The molecule has 3 aromatic rings. The second kappa shape index (κ2) is 8.02. The molecule has 0 bridgehead atoms. The molecule has 2 unspecified atom stereocenters. The number of furan rings is 1. The molecule has 0 spiro atoms. The minimum atomic E-state index is -0.668. The van der Waals surface area contributed by atoms with Gasteiger partial charge in [0.2, 0.25) is 0 Å². The number of hydrogen-bond donors (Lipinski definition) is 3. The number of anilines is 3. The molecule has 7 nitrogen and oxygen atoms in total. The van der Waals surface area contributed by atoms with Crippen molar-refractivity contribution >= 4 is 34.6 Å². The minimum Gasteiger partial charge on any atom is -0.505 e. The fraction of sp³-hybridized carbons (Fsp3) is 0.318. The van der Waals surface area contributed by atoms with Gasteiger partial charge in [0.1, 0.15) is 28.6 Å². The van der Waals surface area contributed by atoms with Gasteiger partial charge in [-0.25, -0.2) is 0 Å². The highest BCUT2D eigenvalue weighted by Crippen LogP contribution is 2.40. The lowest BCUT2D eigenvalue weighted by Gasteiger charge is -2.25. The molecule has 1 aliphatic rings. The number of carbonyl (C=O) groups is 1. The van der Waals surface area contributed by atoms with Crippen LogP contribution in [-0.2, 0) is 0 Å². The Labute approximate surface area is 177 Å². The molecule has 2 atom stereocenters. The highest BCUT2D eigenvalue weighted by atomic mass is 32.2. The van der Waals surface area contributed by atoms with Crippen molar-refractivity contribution in [1.82, 2.24) is 0 Å². The van der Waals surface area contributed by atoms with E-state index in [0.29, 0.717) is 5.76 Å². The Bertz CT molecular complexity index is 1170. The molecule has 1 aromatic heterocycles. The quantitative estimate of drug-likeness (QED) is 0.297. The predicted molar refractivity (Wildman–Crippen MR) is 118 cm³/mol. The number of hydrogen-bond acceptors (Lipinski definition) is 8. The first-order valence-corrected chi connectivity index (χ1v) is 10.8. The number of para-hydroxylation sites is 1. The zero-order valence-electron chi connectivity index (χ0n) is 16.7. The van der Waals surface area contributed by atoms with E-state index in [2.05, 4.69) is 10.6 Å². The number of aryl methyl sites for hydroxylation is 1. The van der Waals surface area contributed by atoms with Gasteiger partial charge >= 0.3 is 0 Å². The number of benzene rings is 1. The number of phenolic OH excluding ortho intramolecular Hbond substituents is 1. The van der Waals surface area contributed by atoms with Crippen LogP contribution in [0.3, 0.4) is 0 Å². The van der Waals surface area contributed by atoms with Crippen molar-refractivity contribution in [2.75, 3.05) is 16.4 Å². The van der Waals surface area contributed by atoms with E-state index in [0.717, 1.165) is 24.4 Å².